The average molecular weight is 246 g/mol. The molecular formula is C10H18N2O3S. The average Bonchev–Trinajstić information content (AvgIpc) is 2.65. The molecule has 0 atom stereocenters. The standard InChI is InChI=1S/C10H18N2O3S/c1-2-5-11-7-8-12(10-11)6-3-4-9-15-16(13)14/h2,7-8,16H,1,3-6,9-10H2. The Morgan fingerprint density at radius 2 is 2.06 bits per heavy atom. The Bertz CT molecular complexity index is 307. The second-order valence-corrected chi connectivity index (χ2v) is 4.28. The van der Waals surface area contributed by atoms with E-state index in [2.05, 4.69) is 20.6 Å². The van der Waals surface area contributed by atoms with E-state index in [0.717, 1.165) is 32.6 Å². The maximum atomic E-state index is 10.1. The van der Waals surface area contributed by atoms with E-state index in [9.17, 15) is 8.42 Å². The number of rotatable bonds is 8. The van der Waals surface area contributed by atoms with Crippen LogP contribution in [0, 0.1) is 0 Å². The first-order valence-electron chi connectivity index (χ1n) is 5.27. The molecule has 1 aliphatic rings. The fourth-order valence-electron chi connectivity index (χ4n) is 1.50. The molecule has 1 heterocycles. The van der Waals surface area contributed by atoms with Crippen molar-refractivity contribution >= 4 is 11.0 Å². The summed E-state index contributed by atoms with van der Waals surface area (Å²) >= 11 is 0. The summed E-state index contributed by atoms with van der Waals surface area (Å²) in [5.41, 5.74) is 0. The zero-order valence-corrected chi connectivity index (χ0v) is 10.1. The predicted molar refractivity (Wildman–Crippen MR) is 63.1 cm³/mol. The Morgan fingerprint density at radius 3 is 2.75 bits per heavy atom. The third-order valence-corrected chi connectivity index (χ3v) is 2.64. The van der Waals surface area contributed by atoms with Crippen LogP contribution >= 0.6 is 0 Å². The molecule has 0 N–H and O–H groups in total. The zero-order chi connectivity index (χ0) is 11.8. The summed E-state index contributed by atoms with van der Waals surface area (Å²) in [6.07, 6.45) is 7.63. The van der Waals surface area contributed by atoms with Gasteiger partial charge >= 0.3 is 0 Å². The lowest BCUT2D eigenvalue weighted by molar-refractivity contribution is 0.264. The fourth-order valence-corrected chi connectivity index (χ4v) is 1.78. The molecule has 0 bridgehead atoms. The number of nitrogens with zero attached hydrogens (tertiary/aromatic N) is 2. The molecule has 0 unspecified atom stereocenters. The molecule has 0 radical (unpaired) electrons. The molecule has 0 saturated carbocycles. The van der Waals surface area contributed by atoms with Crippen LogP contribution in [-0.4, -0.2) is 44.6 Å². The summed E-state index contributed by atoms with van der Waals surface area (Å²) in [7, 11) is -2.69. The van der Waals surface area contributed by atoms with Gasteiger partial charge in [-0.25, -0.2) is 8.42 Å². The Morgan fingerprint density at radius 1 is 1.31 bits per heavy atom. The van der Waals surface area contributed by atoms with Crippen LogP contribution in [-0.2, 0) is 15.2 Å². The Hall–Kier alpha value is -1.01. The Labute approximate surface area is 98.1 Å². The van der Waals surface area contributed by atoms with Gasteiger partial charge < -0.3 is 9.80 Å². The summed E-state index contributed by atoms with van der Waals surface area (Å²) in [4.78, 5) is 4.33. The first-order chi connectivity index (χ1) is 7.72. The van der Waals surface area contributed by atoms with Crippen molar-refractivity contribution in [3.8, 4) is 0 Å². The van der Waals surface area contributed by atoms with Crippen LogP contribution in [0.2, 0.25) is 0 Å². The lowest BCUT2D eigenvalue weighted by Crippen LogP contribution is -2.26. The van der Waals surface area contributed by atoms with E-state index in [1.807, 2.05) is 18.5 Å². The molecule has 5 nitrogen and oxygen atoms in total. The molecule has 92 valence electrons. The Kier molecular flexibility index (Phi) is 5.95. The fraction of sp³-hybridized carbons (Fsp3) is 0.600. The van der Waals surface area contributed by atoms with Gasteiger partial charge in [0.2, 0.25) is 0 Å². The minimum Gasteiger partial charge on any atom is -0.359 e. The van der Waals surface area contributed by atoms with Crippen LogP contribution in [0.1, 0.15) is 12.8 Å². The first-order valence-corrected chi connectivity index (χ1v) is 6.36. The van der Waals surface area contributed by atoms with Gasteiger partial charge in [-0.2, -0.15) is 0 Å². The number of hydrogen-bond donors (Lipinski definition) is 1. The lowest BCUT2D eigenvalue weighted by atomic mass is 10.3. The molecule has 0 aromatic heterocycles. The van der Waals surface area contributed by atoms with Gasteiger partial charge in [-0.1, -0.05) is 6.08 Å². The molecule has 1 rings (SSSR count). The summed E-state index contributed by atoms with van der Waals surface area (Å²) in [5, 5.41) is 0. The van der Waals surface area contributed by atoms with Gasteiger partial charge in [-0.15, -0.1) is 6.58 Å². The van der Waals surface area contributed by atoms with E-state index >= 15 is 0 Å². The van der Waals surface area contributed by atoms with E-state index in [4.69, 9.17) is 0 Å². The highest BCUT2D eigenvalue weighted by Gasteiger charge is 2.09. The molecule has 0 amide bonds. The van der Waals surface area contributed by atoms with E-state index in [-0.39, 0.29) is 6.61 Å². The molecule has 0 aromatic rings. The van der Waals surface area contributed by atoms with Gasteiger partial charge in [0, 0.05) is 25.5 Å². The van der Waals surface area contributed by atoms with Gasteiger partial charge in [-0.05, 0) is 12.8 Å². The quantitative estimate of drug-likeness (QED) is 0.385. The van der Waals surface area contributed by atoms with Crippen LogP contribution in [0.4, 0.5) is 0 Å². The molecule has 0 aromatic carbocycles. The molecule has 6 heteroatoms. The van der Waals surface area contributed by atoms with Crippen molar-refractivity contribution in [2.75, 3.05) is 26.4 Å². The van der Waals surface area contributed by atoms with Gasteiger partial charge in [0.25, 0.3) is 11.0 Å². The Balaban J connectivity index is 2.03. The highest BCUT2D eigenvalue weighted by atomic mass is 32.2. The molecular weight excluding hydrogens is 228 g/mol. The van der Waals surface area contributed by atoms with Gasteiger partial charge in [-0.3, -0.25) is 4.18 Å². The van der Waals surface area contributed by atoms with Crippen LogP contribution in [0.3, 0.4) is 0 Å². The summed E-state index contributed by atoms with van der Waals surface area (Å²) in [6.45, 7) is 6.62. The minimum atomic E-state index is -2.69. The maximum Gasteiger partial charge on any atom is 0.257 e. The van der Waals surface area contributed by atoms with Crippen molar-refractivity contribution < 1.29 is 12.6 Å². The summed E-state index contributed by atoms with van der Waals surface area (Å²) in [5.74, 6) is 0. The summed E-state index contributed by atoms with van der Waals surface area (Å²) < 4.78 is 24.7. The maximum absolute atomic E-state index is 10.1. The number of unbranched alkanes of at least 4 members (excludes halogenated alkanes) is 1. The SMILES string of the molecule is C=CCN1C=CN(CCCCO[SH](=O)=O)C1. The van der Waals surface area contributed by atoms with Crippen LogP contribution in [0.15, 0.2) is 25.1 Å². The lowest BCUT2D eigenvalue weighted by Gasteiger charge is -2.19. The smallest absolute Gasteiger partial charge is 0.257 e. The van der Waals surface area contributed by atoms with Crippen molar-refractivity contribution in [1.82, 2.24) is 9.80 Å². The van der Waals surface area contributed by atoms with Crippen LogP contribution in [0.5, 0.6) is 0 Å². The molecule has 0 spiro atoms. The number of hydrogen-bond acceptors (Lipinski definition) is 5. The van der Waals surface area contributed by atoms with Crippen molar-refractivity contribution in [2.45, 2.75) is 12.8 Å². The van der Waals surface area contributed by atoms with E-state index in [1.54, 1.807) is 0 Å². The van der Waals surface area contributed by atoms with Crippen LogP contribution in [0.25, 0.3) is 0 Å². The van der Waals surface area contributed by atoms with E-state index < -0.39 is 11.0 Å². The second kappa shape index (κ2) is 7.29. The first kappa shape index (κ1) is 13.1. The third kappa shape index (κ3) is 5.18. The van der Waals surface area contributed by atoms with Gasteiger partial charge in [0.1, 0.15) is 0 Å². The topological polar surface area (TPSA) is 49.9 Å². The van der Waals surface area contributed by atoms with E-state index in [0.29, 0.717) is 0 Å². The largest absolute Gasteiger partial charge is 0.359 e. The third-order valence-electron chi connectivity index (χ3n) is 2.25. The second-order valence-electron chi connectivity index (χ2n) is 3.58. The van der Waals surface area contributed by atoms with Crippen molar-refractivity contribution in [3.63, 3.8) is 0 Å². The van der Waals surface area contributed by atoms with Gasteiger partial charge in [0.05, 0.1) is 13.3 Å². The van der Waals surface area contributed by atoms with Crippen molar-refractivity contribution in [2.24, 2.45) is 0 Å². The molecule has 1 aliphatic heterocycles. The molecule has 0 saturated heterocycles. The van der Waals surface area contributed by atoms with Crippen LogP contribution < -0.4 is 0 Å². The highest BCUT2D eigenvalue weighted by molar-refractivity contribution is 7.67. The monoisotopic (exact) mass is 246 g/mol. The van der Waals surface area contributed by atoms with Crippen molar-refractivity contribution in [3.05, 3.63) is 25.1 Å². The van der Waals surface area contributed by atoms with E-state index in [1.165, 1.54) is 0 Å². The summed E-state index contributed by atoms with van der Waals surface area (Å²) in [6, 6.07) is 0. The molecule has 16 heavy (non-hydrogen) atoms. The zero-order valence-electron chi connectivity index (χ0n) is 9.25. The molecule has 0 fully saturated rings. The molecule has 0 aliphatic carbocycles. The normalized spacial score (nSPS) is 15.1. The number of thiol groups is 1. The van der Waals surface area contributed by atoms with Crippen molar-refractivity contribution in [1.29, 1.82) is 0 Å². The highest BCUT2D eigenvalue weighted by Crippen LogP contribution is 2.07. The predicted octanol–water partition coefficient (Wildman–Crippen LogP) is 0.542. The minimum absolute atomic E-state index is 0.284. The van der Waals surface area contributed by atoms with Gasteiger partial charge in [0.15, 0.2) is 0 Å².